The molecule has 9 heteroatoms. The van der Waals surface area contributed by atoms with E-state index in [4.69, 9.17) is 5.73 Å². The molecule has 9 nitrogen and oxygen atoms in total. The van der Waals surface area contributed by atoms with E-state index < -0.39 is 6.04 Å². The number of piperazine rings is 1. The molecule has 3 N–H and O–H groups in total. The van der Waals surface area contributed by atoms with Crippen LogP contribution in [0.15, 0.2) is 24.3 Å². The van der Waals surface area contributed by atoms with Crippen LogP contribution in [0.25, 0.3) is 0 Å². The van der Waals surface area contributed by atoms with Crippen molar-refractivity contribution in [2.75, 3.05) is 20.1 Å². The molecule has 1 saturated carbocycles. The summed E-state index contributed by atoms with van der Waals surface area (Å²) < 4.78 is 0. The fourth-order valence-corrected chi connectivity index (χ4v) is 6.03. The molecule has 0 aromatic heterocycles. The molecule has 4 fully saturated rings. The first-order valence-corrected chi connectivity index (χ1v) is 11.7. The number of likely N-dealkylation sites (tertiary alicyclic amines) is 3. The van der Waals surface area contributed by atoms with Crippen molar-refractivity contribution in [2.45, 2.75) is 62.4 Å². The third kappa shape index (κ3) is 3.58. The lowest BCUT2D eigenvalue weighted by molar-refractivity contribution is -0.141. The molecule has 1 unspecified atom stereocenters. The number of hydrogen-bond acceptors (Lipinski definition) is 6. The number of hydrogen-bond donors (Lipinski definition) is 2. The number of carbonyl (C=O) groups excluding carboxylic acids is 3. The molecule has 2 bridgehead atoms. The Morgan fingerprint density at radius 3 is 2.61 bits per heavy atom. The van der Waals surface area contributed by atoms with Crippen molar-refractivity contribution in [3.05, 3.63) is 35.4 Å². The zero-order chi connectivity index (χ0) is 23.4. The van der Waals surface area contributed by atoms with Crippen LogP contribution in [0, 0.1) is 17.2 Å². The molecule has 7 atom stereocenters. The number of nitrogens with two attached hydrogens (primary N) is 1. The van der Waals surface area contributed by atoms with Gasteiger partial charge in [-0.3, -0.25) is 19.3 Å². The molecule has 3 heterocycles. The van der Waals surface area contributed by atoms with Crippen LogP contribution in [-0.2, 0) is 9.59 Å². The van der Waals surface area contributed by atoms with Gasteiger partial charge < -0.3 is 20.9 Å². The molecule has 5 rings (SSSR count). The second-order valence-corrected chi connectivity index (χ2v) is 9.78. The topological polar surface area (TPSA) is 123 Å². The van der Waals surface area contributed by atoms with Gasteiger partial charge in [0.25, 0.3) is 5.91 Å². The van der Waals surface area contributed by atoms with Gasteiger partial charge in [0.05, 0.1) is 24.2 Å². The monoisotopic (exact) mass is 450 g/mol. The van der Waals surface area contributed by atoms with Gasteiger partial charge in [0.15, 0.2) is 0 Å². The third-order valence-corrected chi connectivity index (χ3v) is 7.87. The standard InChI is InChI=1S/C24H30N6O3/c1-13(14-3-5-15(6-4-14)22(31)27-2)29-18-9-21(24(29)33)28(11-18)12-19(26)23(32)30-17(10-25)7-16-8-20(16)30/h3-6,13,16-21H,7-9,11-12,26H2,1-2H3,(H,27,31)/t13-,16?,17-,18-,19-,20-,21-/m0/s1. The Hall–Kier alpha value is -2.96. The SMILES string of the molecule is CNC(=O)c1ccc([C@H](C)N2C(=O)[C@@H]3C[C@H]2CN3C[C@H](N)C(=O)N2[C@H](C#N)CC3C[C@@H]32)cc1. The number of benzene rings is 1. The fraction of sp³-hybridized carbons (Fsp3) is 0.583. The van der Waals surface area contributed by atoms with Crippen molar-refractivity contribution in [1.82, 2.24) is 20.0 Å². The van der Waals surface area contributed by atoms with Crippen molar-refractivity contribution in [3.63, 3.8) is 0 Å². The van der Waals surface area contributed by atoms with Crippen molar-refractivity contribution in [2.24, 2.45) is 11.7 Å². The van der Waals surface area contributed by atoms with E-state index in [2.05, 4.69) is 11.4 Å². The summed E-state index contributed by atoms with van der Waals surface area (Å²) in [6, 6.07) is 8.38. The molecule has 3 amide bonds. The summed E-state index contributed by atoms with van der Waals surface area (Å²) in [6.07, 6.45) is 2.46. The predicted octanol–water partition coefficient (Wildman–Crippen LogP) is 0.233. The molecule has 0 spiro atoms. The van der Waals surface area contributed by atoms with Crippen molar-refractivity contribution < 1.29 is 14.4 Å². The van der Waals surface area contributed by atoms with Crippen LogP contribution in [-0.4, -0.2) is 82.8 Å². The molecule has 1 aromatic carbocycles. The van der Waals surface area contributed by atoms with Crippen LogP contribution < -0.4 is 11.1 Å². The van der Waals surface area contributed by atoms with E-state index in [9.17, 15) is 19.6 Å². The number of amides is 3. The summed E-state index contributed by atoms with van der Waals surface area (Å²) in [7, 11) is 1.60. The van der Waals surface area contributed by atoms with Gasteiger partial charge in [-0.2, -0.15) is 5.26 Å². The van der Waals surface area contributed by atoms with Gasteiger partial charge in [-0.15, -0.1) is 0 Å². The number of fused-ring (bicyclic) bond motifs is 3. The van der Waals surface area contributed by atoms with Gasteiger partial charge in [0.2, 0.25) is 11.8 Å². The average Bonchev–Trinajstić information content (AvgIpc) is 3.15. The van der Waals surface area contributed by atoms with Gasteiger partial charge in [-0.1, -0.05) is 12.1 Å². The van der Waals surface area contributed by atoms with Crippen LogP contribution in [0.3, 0.4) is 0 Å². The van der Waals surface area contributed by atoms with Crippen LogP contribution >= 0.6 is 0 Å². The first kappa shape index (κ1) is 21.9. The summed E-state index contributed by atoms with van der Waals surface area (Å²) >= 11 is 0. The highest BCUT2D eigenvalue weighted by Gasteiger charge is 2.56. The van der Waals surface area contributed by atoms with E-state index in [0.29, 0.717) is 24.6 Å². The maximum absolute atomic E-state index is 13.2. The number of nitriles is 1. The minimum atomic E-state index is -0.726. The molecule has 33 heavy (non-hydrogen) atoms. The van der Waals surface area contributed by atoms with Crippen LogP contribution in [0.1, 0.15) is 48.1 Å². The van der Waals surface area contributed by atoms with Crippen LogP contribution in [0.5, 0.6) is 0 Å². The summed E-state index contributed by atoms with van der Waals surface area (Å²) in [5, 5.41) is 12.0. The number of nitrogens with zero attached hydrogens (tertiary/aromatic N) is 4. The average molecular weight is 451 g/mol. The zero-order valence-corrected chi connectivity index (χ0v) is 19.0. The highest BCUT2D eigenvalue weighted by molar-refractivity contribution is 5.94. The smallest absolute Gasteiger partial charge is 0.251 e. The highest BCUT2D eigenvalue weighted by atomic mass is 16.2. The Morgan fingerprint density at radius 1 is 1.24 bits per heavy atom. The lowest BCUT2D eigenvalue weighted by Gasteiger charge is -2.38. The normalized spacial score (nSPS) is 31.8. The number of rotatable bonds is 6. The Labute approximate surface area is 193 Å². The minimum Gasteiger partial charge on any atom is -0.355 e. The number of carbonyl (C=O) groups is 3. The summed E-state index contributed by atoms with van der Waals surface area (Å²) in [6.45, 7) is 3.03. The molecular weight excluding hydrogens is 420 g/mol. The van der Waals surface area contributed by atoms with Gasteiger partial charge in [-0.05, 0) is 49.8 Å². The quantitative estimate of drug-likeness (QED) is 0.640. The van der Waals surface area contributed by atoms with E-state index in [-0.39, 0.29) is 47.9 Å². The Morgan fingerprint density at radius 2 is 1.97 bits per heavy atom. The van der Waals surface area contributed by atoms with Gasteiger partial charge in [0, 0.05) is 37.8 Å². The lowest BCUT2D eigenvalue weighted by Crippen LogP contribution is -2.57. The maximum Gasteiger partial charge on any atom is 0.251 e. The maximum atomic E-state index is 13.2. The van der Waals surface area contributed by atoms with E-state index in [0.717, 1.165) is 24.8 Å². The second kappa shape index (κ2) is 8.12. The van der Waals surface area contributed by atoms with Gasteiger partial charge in [0.1, 0.15) is 6.04 Å². The Kier molecular flexibility index (Phi) is 5.38. The van der Waals surface area contributed by atoms with E-state index >= 15 is 0 Å². The van der Waals surface area contributed by atoms with Crippen LogP contribution in [0.2, 0.25) is 0 Å². The van der Waals surface area contributed by atoms with Gasteiger partial charge >= 0.3 is 0 Å². The molecule has 1 aromatic rings. The summed E-state index contributed by atoms with van der Waals surface area (Å²) in [4.78, 5) is 43.7. The molecule has 0 radical (unpaired) electrons. The first-order chi connectivity index (χ1) is 15.8. The van der Waals surface area contributed by atoms with Gasteiger partial charge in [-0.25, -0.2) is 0 Å². The summed E-state index contributed by atoms with van der Waals surface area (Å²) in [5.74, 6) is 0.213. The van der Waals surface area contributed by atoms with Crippen molar-refractivity contribution >= 4 is 17.7 Å². The third-order valence-electron chi connectivity index (χ3n) is 7.87. The lowest BCUT2D eigenvalue weighted by atomic mass is 10.0. The van der Waals surface area contributed by atoms with Crippen LogP contribution in [0.4, 0.5) is 0 Å². The molecular formula is C24H30N6O3. The highest BCUT2D eigenvalue weighted by Crippen LogP contribution is 2.48. The fourth-order valence-electron chi connectivity index (χ4n) is 6.03. The predicted molar refractivity (Wildman–Crippen MR) is 120 cm³/mol. The van der Waals surface area contributed by atoms with E-state index in [1.807, 2.05) is 28.9 Å². The molecule has 174 valence electrons. The molecule has 1 aliphatic carbocycles. The first-order valence-electron chi connectivity index (χ1n) is 11.7. The van der Waals surface area contributed by atoms with E-state index in [1.54, 1.807) is 24.1 Å². The second-order valence-electron chi connectivity index (χ2n) is 9.78. The Bertz CT molecular complexity index is 1020. The largest absolute Gasteiger partial charge is 0.355 e. The molecule has 4 aliphatic rings. The minimum absolute atomic E-state index is 0.0621. The van der Waals surface area contributed by atoms with Crippen molar-refractivity contribution in [3.8, 4) is 6.07 Å². The number of nitrogens with one attached hydrogen (secondary N) is 1. The molecule has 3 aliphatic heterocycles. The zero-order valence-electron chi connectivity index (χ0n) is 19.0. The van der Waals surface area contributed by atoms with Crippen molar-refractivity contribution in [1.29, 1.82) is 5.26 Å². The van der Waals surface area contributed by atoms with E-state index in [1.165, 1.54) is 0 Å². The summed E-state index contributed by atoms with van der Waals surface area (Å²) in [5.41, 5.74) is 7.86. The number of piperidine rings is 1. The molecule has 3 saturated heterocycles. The Balaban J connectivity index is 1.21.